The summed E-state index contributed by atoms with van der Waals surface area (Å²) in [5, 5.41) is -0.0110. The summed E-state index contributed by atoms with van der Waals surface area (Å²) in [6.07, 6.45) is 3.52. The van der Waals surface area contributed by atoms with E-state index in [1.165, 1.54) is 7.11 Å². The molecule has 3 amide bonds. The van der Waals surface area contributed by atoms with Crippen LogP contribution in [0, 0.1) is 0 Å². The lowest BCUT2D eigenvalue weighted by Crippen LogP contribution is -2.40. The maximum atomic E-state index is 12.5. The predicted molar refractivity (Wildman–Crippen MR) is 96.5 cm³/mol. The molecule has 6 nitrogen and oxygen atoms in total. The second-order valence-corrected chi connectivity index (χ2v) is 7.15. The van der Waals surface area contributed by atoms with Crippen LogP contribution in [0.2, 0.25) is 5.02 Å². The topological polar surface area (TPSA) is 66.9 Å². The standard InChI is InChI=1S/C17H17ClN2O4S/c1-24-13-5-4-11(8-12(13)18)9-14-16(22)20(17(23)25-14)10-15(21)19-6-2-3-7-19/h4-5,8-9H,2-3,6-7,10H2,1H3/b14-9-. The Bertz CT molecular complexity index is 759. The predicted octanol–water partition coefficient (Wildman–Crippen LogP) is 3.01. The summed E-state index contributed by atoms with van der Waals surface area (Å²) in [6.45, 7) is 1.18. The molecule has 0 spiro atoms. The van der Waals surface area contributed by atoms with Crippen molar-refractivity contribution in [2.75, 3.05) is 26.7 Å². The van der Waals surface area contributed by atoms with E-state index in [1.54, 1.807) is 29.2 Å². The zero-order valence-corrected chi connectivity index (χ0v) is 15.2. The van der Waals surface area contributed by atoms with E-state index < -0.39 is 11.1 Å². The number of rotatable bonds is 4. The Balaban J connectivity index is 1.74. The van der Waals surface area contributed by atoms with Crippen LogP contribution in [0.3, 0.4) is 0 Å². The van der Waals surface area contributed by atoms with Gasteiger partial charge in [0.15, 0.2) is 0 Å². The Hall–Kier alpha value is -1.99. The third-order valence-corrected chi connectivity index (χ3v) is 5.30. The van der Waals surface area contributed by atoms with Gasteiger partial charge in [-0.2, -0.15) is 0 Å². The molecular formula is C17H17ClN2O4S. The quantitative estimate of drug-likeness (QED) is 0.751. The number of benzene rings is 1. The molecule has 3 rings (SSSR count). The lowest BCUT2D eigenvalue weighted by molar-refractivity contribution is -0.135. The van der Waals surface area contributed by atoms with E-state index in [1.807, 2.05) is 0 Å². The zero-order chi connectivity index (χ0) is 18.0. The number of hydrogen-bond acceptors (Lipinski definition) is 5. The van der Waals surface area contributed by atoms with Gasteiger partial charge in [0.25, 0.3) is 11.1 Å². The number of likely N-dealkylation sites (tertiary alicyclic amines) is 1. The van der Waals surface area contributed by atoms with Gasteiger partial charge in [-0.1, -0.05) is 17.7 Å². The summed E-state index contributed by atoms with van der Waals surface area (Å²) < 4.78 is 5.09. The summed E-state index contributed by atoms with van der Waals surface area (Å²) in [4.78, 5) is 39.7. The third kappa shape index (κ3) is 3.82. The number of methoxy groups -OCH3 is 1. The SMILES string of the molecule is COc1ccc(/C=C2\SC(=O)N(CC(=O)N3CCCC3)C2=O)cc1Cl. The molecule has 0 aliphatic carbocycles. The van der Waals surface area contributed by atoms with Crippen LogP contribution in [-0.2, 0) is 9.59 Å². The summed E-state index contributed by atoms with van der Waals surface area (Å²) in [7, 11) is 1.52. The molecule has 8 heteroatoms. The average Bonchev–Trinajstić information content (AvgIpc) is 3.20. The molecule has 0 atom stereocenters. The molecule has 2 saturated heterocycles. The first-order valence-electron chi connectivity index (χ1n) is 7.86. The molecule has 0 aromatic heterocycles. The molecule has 25 heavy (non-hydrogen) atoms. The lowest BCUT2D eigenvalue weighted by Gasteiger charge is -2.18. The van der Waals surface area contributed by atoms with Gasteiger partial charge in [0.05, 0.1) is 17.0 Å². The molecule has 2 heterocycles. The molecule has 0 unspecified atom stereocenters. The number of ether oxygens (including phenoxy) is 1. The second kappa shape index (κ2) is 7.49. The van der Waals surface area contributed by atoms with Gasteiger partial charge in [-0.25, -0.2) is 0 Å². The van der Waals surface area contributed by atoms with Crippen molar-refractivity contribution >= 4 is 46.5 Å². The molecular weight excluding hydrogens is 364 g/mol. The Morgan fingerprint density at radius 3 is 2.68 bits per heavy atom. The van der Waals surface area contributed by atoms with E-state index >= 15 is 0 Å². The number of imide groups is 1. The van der Waals surface area contributed by atoms with Gasteiger partial charge in [-0.3, -0.25) is 19.3 Å². The molecule has 2 aliphatic heterocycles. The highest BCUT2D eigenvalue weighted by atomic mass is 35.5. The molecule has 1 aromatic carbocycles. The zero-order valence-electron chi connectivity index (χ0n) is 13.7. The fraction of sp³-hybridized carbons (Fsp3) is 0.353. The maximum absolute atomic E-state index is 12.5. The number of hydrogen-bond donors (Lipinski definition) is 0. The normalized spacial score (nSPS) is 19.2. The summed E-state index contributed by atoms with van der Waals surface area (Å²) in [6, 6.07) is 5.09. The number of halogens is 1. The van der Waals surface area contributed by atoms with Crippen molar-refractivity contribution in [3.05, 3.63) is 33.7 Å². The van der Waals surface area contributed by atoms with Gasteiger partial charge in [0.1, 0.15) is 12.3 Å². The molecule has 0 bridgehead atoms. The van der Waals surface area contributed by atoms with Gasteiger partial charge in [0.2, 0.25) is 5.91 Å². The molecule has 0 radical (unpaired) electrons. The van der Waals surface area contributed by atoms with E-state index in [0.717, 1.165) is 29.5 Å². The highest BCUT2D eigenvalue weighted by Gasteiger charge is 2.37. The summed E-state index contributed by atoms with van der Waals surface area (Å²) in [5.41, 5.74) is 0.683. The van der Waals surface area contributed by atoms with Crippen LogP contribution in [0.1, 0.15) is 18.4 Å². The van der Waals surface area contributed by atoms with Crippen molar-refractivity contribution < 1.29 is 19.1 Å². The Morgan fingerprint density at radius 2 is 2.04 bits per heavy atom. The van der Waals surface area contributed by atoms with E-state index in [2.05, 4.69) is 0 Å². The first kappa shape index (κ1) is 17.8. The van der Waals surface area contributed by atoms with Crippen LogP contribution in [0.4, 0.5) is 4.79 Å². The fourth-order valence-corrected chi connectivity index (χ4v) is 3.87. The Morgan fingerprint density at radius 1 is 1.32 bits per heavy atom. The second-order valence-electron chi connectivity index (χ2n) is 5.75. The Kier molecular flexibility index (Phi) is 5.34. The smallest absolute Gasteiger partial charge is 0.294 e. The van der Waals surface area contributed by atoms with Gasteiger partial charge in [-0.15, -0.1) is 0 Å². The summed E-state index contributed by atoms with van der Waals surface area (Å²) in [5.74, 6) is -0.105. The number of nitrogens with zero attached hydrogens (tertiary/aromatic N) is 2. The van der Waals surface area contributed by atoms with Crippen molar-refractivity contribution in [1.29, 1.82) is 0 Å². The number of carbonyl (C=O) groups excluding carboxylic acids is 3. The van der Waals surface area contributed by atoms with Gasteiger partial charge < -0.3 is 9.64 Å². The fourth-order valence-electron chi connectivity index (χ4n) is 2.76. The summed E-state index contributed by atoms with van der Waals surface area (Å²) >= 11 is 6.91. The minimum Gasteiger partial charge on any atom is -0.495 e. The van der Waals surface area contributed by atoms with E-state index in [9.17, 15) is 14.4 Å². The lowest BCUT2D eigenvalue weighted by atomic mass is 10.2. The number of amides is 3. The molecule has 2 aliphatic rings. The van der Waals surface area contributed by atoms with Crippen LogP contribution < -0.4 is 4.74 Å². The highest BCUT2D eigenvalue weighted by molar-refractivity contribution is 8.18. The van der Waals surface area contributed by atoms with Gasteiger partial charge in [0, 0.05) is 13.1 Å². The molecule has 2 fully saturated rings. The monoisotopic (exact) mass is 380 g/mol. The number of thioether (sulfide) groups is 1. The Labute approximate surface area is 154 Å². The van der Waals surface area contributed by atoms with E-state index in [-0.39, 0.29) is 17.4 Å². The van der Waals surface area contributed by atoms with Crippen molar-refractivity contribution in [2.24, 2.45) is 0 Å². The van der Waals surface area contributed by atoms with Crippen molar-refractivity contribution in [2.45, 2.75) is 12.8 Å². The largest absolute Gasteiger partial charge is 0.495 e. The minimum absolute atomic E-state index is 0.187. The molecule has 0 saturated carbocycles. The van der Waals surface area contributed by atoms with Gasteiger partial charge >= 0.3 is 0 Å². The van der Waals surface area contributed by atoms with Crippen molar-refractivity contribution in [3.8, 4) is 5.75 Å². The first-order valence-corrected chi connectivity index (χ1v) is 9.05. The molecule has 0 N–H and O–H groups in total. The van der Waals surface area contributed by atoms with Crippen LogP contribution in [-0.4, -0.2) is 53.6 Å². The minimum atomic E-state index is -0.450. The van der Waals surface area contributed by atoms with Crippen LogP contribution in [0.15, 0.2) is 23.1 Å². The van der Waals surface area contributed by atoms with Crippen LogP contribution in [0.25, 0.3) is 6.08 Å². The maximum Gasteiger partial charge on any atom is 0.294 e. The number of carbonyl (C=O) groups is 3. The molecule has 132 valence electrons. The van der Waals surface area contributed by atoms with Crippen LogP contribution >= 0.6 is 23.4 Å². The van der Waals surface area contributed by atoms with E-state index in [0.29, 0.717) is 29.4 Å². The van der Waals surface area contributed by atoms with Gasteiger partial charge in [-0.05, 0) is 48.4 Å². The highest BCUT2D eigenvalue weighted by Crippen LogP contribution is 2.33. The van der Waals surface area contributed by atoms with Crippen molar-refractivity contribution in [3.63, 3.8) is 0 Å². The van der Waals surface area contributed by atoms with Crippen molar-refractivity contribution in [1.82, 2.24) is 9.80 Å². The van der Waals surface area contributed by atoms with E-state index in [4.69, 9.17) is 16.3 Å². The third-order valence-electron chi connectivity index (χ3n) is 4.10. The first-order chi connectivity index (χ1) is 12.0. The average molecular weight is 381 g/mol. The molecule has 1 aromatic rings. The van der Waals surface area contributed by atoms with Crippen LogP contribution in [0.5, 0.6) is 5.75 Å².